The summed E-state index contributed by atoms with van der Waals surface area (Å²) in [5.74, 6) is -3.96. The highest BCUT2D eigenvalue weighted by Crippen LogP contribution is 2.21. The summed E-state index contributed by atoms with van der Waals surface area (Å²) in [7, 11) is 0. The van der Waals surface area contributed by atoms with Crippen molar-refractivity contribution in [2.24, 2.45) is 0 Å². The van der Waals surface area contributed by atoms with Gasteiger partial charge in [-0.25, -0.2) is 9.18 Å². The normalized spacial score (nSPS) is 10.3. The number of benzene rings is 1. The van der Waals surface area contributed by atoms with Crippen LogP contribution < -0.4 is 4.74 Å². The summed E-state index contributed by atoms with van der Waals surface area (Å²) in [5.41, 5.74) is 0.242. The molecule has 0 radical (unpaired) electrons. The molecule has 94 valence electrons. The van der Waals surface area contributed by atoms with Gasteiger partial charge in [0.25, 0.3) is 0 Å². The maximum Gasteiger partial charge on any atom is 0.372 e. The smallest absolute Gasteiger partial charge is 0.372 e. The lowest BCUT2D eigenvalue weighted by Crippen LogP contribution is -2.03. The largest absolute Gasteiger partial charge is 0.486 e. The van der Waals surface area contributed by atoms with Crippen LogP contribution >= 0.6 is 0 Å². The molecule has 0 saturated carbocycles. The number of furan rings is 1. The van der Waals surface area contributed by atoms with Gasteiger partial charge in [0.1, 0.15) is 6.61 Å². The van der Waals surface area contributed by atoms with E-state index in [1.807, 2.05) is 0 Å². The lowest BCUT2D eigenvalue weighted by molar-refractivity contribution is 0.0658. The maximum atomic E-state index is 13.2. The second-order valence-electron chi connectivity index (χ2n) is 3.42. The molecule has 0 atom stereocenters. The minimum atomic E-state index is -1.25. The van der Waals surface area contributed by atoms with E-state index in [1.165, 1.54) is 24.5 Å². The Morgan fingerprint density at radius 3 is 2.83 bits per heavy atom. The first-order valence-corrected chi connectivity index (χ1v) is 4.96. The summed E-state index contributed by atoms with van der Waals surface area (Å²) in [6, 6.07) is 4.89. The molecule has 1 heterocycles. The minimum absolute atomic E-state index is 0.224. The third kappa shape index (κ3) is 2.32. The van der Waals surface area contributed by atoms with E-state index in [-0.39, 0.29) is 23.7 Å². The molecule has 0 amide bonds. The molecule has 1 aromatic carbocycles. The van der Waals surface area contributed by atoms with Crippen molar-refractivity contribution in [1.29, 1.82) is 0 Å². The summed E-state index contributed by atoms with van der Waals surface area (Å²) < 4.78 is 35.9. The number of hydrogen-bond donors (Lipinski definition) is 1. The van der Waals surface area contributed by atoms with Crippen molar-refractivity contribution in [3.63, 3.8) is 0 Å². The number of carbonyl (C=O) groups is 1. The lowest BCUT2D eigenvalue weighted by Gasteiger charge is -2.06. The predicted molar refractivity (Wildman–Crippen MR) is 56.4 cm³/mol. The molecule has 6 heteroatoms. The molecule has 0 saturated heterocycles. The Hall–Kier alpha value is -2.37. The monoisotopic (exact) mass is 254 g/mol. The minimum Gasteiger partial charge on any atom is -0.486 e. The van der Waals surface area contributed by atoms with Crippen LogP contribution in [0.3, 0.4) is 0 Å². The van der Waals surface area contributed by atoms with Gasteiger partial charge in [0.05, 0.1) is 6.26 Å². The van der Waals surface area contributed by atoms with E-state index in [9.17, 15) is 13.6 Å². The summed E-state index contributed by atoms with van der Waals surface area (Å²) in [4.78, 5) is 10.7. The Morgan fingerprint density at radius 1 is 1.33 bits per heavy atom. The number of ether oxygens (including phenoxy) is 1. The van der Waals surface area contributed by atoms with Gasteiger partial charge < -0.3 is 14.3 Å². The van der Waals surface area contributed by atoms with Crippen LogP contribution in [-0.4, -0.2) is 11.1 Å². The maximum absolute atomic E-state index is 13.2. The average molecular weight is 254 g/mol. The quantitative estimate of drug-likeness (QED) is 0.911. The number of aromatic carboxylic acids is 1. The molecular formula is C12H8F2O4. The molecule has 0 spiro atoms. The van der Waals surface area contributed by atoms with Crippen LogP contribution in [0.5, 0.6) is 5.75 Å². The Labute approximate surface area is 100 Å². The molecule has 1 N–H and O–H groups in total. The van der Waals surface area contributed by atoms with Gasteiger partial charge in [0, 0.05) is 5.56 Å². The van der Waals surface area contributed by atoms with Crippen LogP contribution in [0.2, 0.25) is 0 Å². The fourth-order valence-electron chi connectivity index (χ4n) is 1.39. The van der Waals surface area contributed by atoms with Crippen molar-refractivity contribution in [1.82, 2.24) is 0 Å². The van der Waals surface area contributed by atoms with Gasteiger partial charge in [0.15, 0.2) is 11.6 Å². The van der Waals surface area contributed by atoms with Crippen LogP contribution in [-0.2, 0) is 6.61 Å². The first kappa shape index (κ1) is 12.1. The zero-order valence-electron chi connectivity index (χ0n) is 9.02. The van der Waals surface area contributed by atoms with Crippen molar-refractivity contribution in [2.75, 3.05) is 0 Å². The van der Waals surface area contributed by atoms with Crippen molar-refractivity contribution in [3.05, 3.63) is 53.5 Å². The first-order chi connectivity index (χ1) is 8.59. The van der Waals surface area contributed by atoms with Gasteiger partial charge in [-0.05, 0) is 18.2 Å². The molecule has 0 aliphatic rings. The van der Waals surface area contributed by atoms with Gasteiger partial charge in [-0.1, -0.05) is 6.07 Å². The lowest BCUT2D eigenvalue weighted by atomic mass is 10.2. The summed E-state index contributed by atoms with van der Waals surface area (Å²) in [5, 5.41) is 8.77. The SMILES string of the molecule is O=C(O)c1occc1COc1cccc(F)c1F. The molecule has 2 aromatic rings. The number of halogens is 2. The van der Waals surface area contributed by atoms with Crippen LogP contribution in [0.25, 0.3) is 0 Å². The van der Waals surface area contributed by atoms with Gasteiger partial charge >= 0.3 is 5.97 Å². The fraction of sp³-hybridized carbons (Fsp3) is 0.0833. The van der Waals surface area contributed by atoms with Gasteiger partial charge in [-0.2, -0.15) is 4.39 Å². The highest BCUT2D eigenvalue weighted by atomic mass is 19.2. The molecular weight excluding hydrogens is 246 g/mol. The number of rotatable bonds is 4. The molecule has 18 heavy (non-hydrogen) atoms. The van der Waals surface area contributed by atoms with E-state index in [1.54, 1.807) is 0 Å². The predicted octanol–water partition coefficient (Wildman–Crippen LogP) is 2.84. The van der Waals surface area contributed by atoms with Gasteiger partial charge in [-0.3, -0.25) is 0 Å². The average Bonchev–Trinajstić information content (AvgIpc) is 2.79. The highest BCUT2D eigenvalue weighted by Gasteiger charge is 2.15. The van der Waals surface area contributed by atoms with E-state index < -0.39 is 17.6 Å². The molecule has 1 aromatic heterocycles. The van der Waals surface area contributed by atoms with E-state index in [4.69, 9.17) is 14.3 Å². The van der Waals surface area contributed by atoms with E-state index >= 15 is 0 Å². The second kappa shape index (κ2) is 4.87. The third-order valence-electron chi connectivity index (χ3n) is 2.24. The van der Waals surface area contributed by atoms with Crippen molar-refractivity contribution >= 4 is 5.97 Å². The Morgan fingerprint density at radius 2 is 2.11 bits per heavy atom. The topological polar surface area (TPSA) is 59.7 Å². The number of carboxylic acids is 1. The highest BCUT2D eigenvalue weighted by molar-refractivity contribution is 5.86. The van der Waals surface area contributed by atoms with Crippen LogP contribution in [0, 0.1) is 11.6 Å². The van der Waals surface area contributed by atoms with Crippen molar-refractivity contribution < 1.29 is 27.8 Å². The second-order valence-corrected chi connectivity index (χ2v) is 3.42. The van der Waals surface area contributed by atoms with Gasteiger partial charge in [-0.15, -0.1) is 0 Å². The van der Waals surface area contributed by atoms with E-state index in [0.717, 1.165) is 6.07 Å². The summed E-state index contributed by atoms with van der Waals surface area (Å²) in [6.45, 7) is -0.224. The Kier molecular flexibility index (Phi) is 3.27. The van der Waals surface area contributed by atoms with Crippen molar-refractivity contribution in [3.8, 4) is 5.75 Å². The van der Waals surface area contributed by atoms with Crippen LogP contribution in [0.4, 0.5) is 8.78 Å². The molecule has 0 bridgehead atoms. The molecule has 2 rings (SSSR count). The van der Waals surface area contributed by atoms with E-state index in [2.05, 4.69) is 0 Å². The molecule has 0 fully saturated rings. The summed E-state index contributed by atoms with van der Waals surface area (Å²) >= 11 is 0. The standard InChI is InChI=1S/C12H8F2O4/c13-8-2-1-3-9(10(8)14)18-6-7-4-5-17-11(7)12(15)16/h1-5H,6H2,(H,15,16). The Bertz CT molecular complexity index is 577. The molecule has 0 unspecified atom stereocenters. The fourth-order valence-corrected chi connectivity index (χ4v) is 1.39. The summed E-state index contributed by atoms with van der Waals surface area (Å²) in [6.07, 6.45) is 1.18. The zero-order chi connectivity index (χ0) is 13.1. The number of carboxylic acid groups (broad SMARTS) is 1. The van der Waals surface area contributed by atoms with Crippen molar-refractivity contribution in [2.45, 2.75) is 6.61 Å². The van der Waals surface area contributed by atoms with Gasteiger partial charge in [0.2, 0.25) is 11.6 Å². The zero-order valence-corrected chi connectivity index (χ0v) is 9.02. The third-order valence-corrected chi connectivity index (χ3v) is 2.24. The molecule has 0 aliphatic heterocycles. The first-order valence-electron chi connectivity index (χ1n) is 4.96. The number of hydrogen-bond acceptors (Lipinski definition) is 3. The molecule has 4 nitrogen and oxygen atoms in total. The van der Waals surface area contributed by atoms with Crippen LogP contribution in [0.15, 0.2) is 34.9 Å². The Balaban J connectivity index is 2.14. The van der Waals surface area contributed by atoms with Crippen LogP contribution in [0.1, 0.15) is 16.1 Å². The molecule has 0 aliphatic carbocycles. The van der Waals surface area contributed by atoms with E-state index in [0.29, 0.717) is 0 Å².